The van der Waals surface area contributed by atoms with Crippen LogP contribution in [-0.2, 0) is 12.0 Å². The van der Waals surface area contributed by atoms with Crippen molar-refractivity contribution >= 4 is 0 Å². The molecule has 1 unspecified atom stereocenters. The number of likely N-dealkylation sites (N-methyl/N-ethyl adjacent to an activating group) is 1. The molecule has 15 heavy (non-hydrogen) atoms. The summed E-state index contributed by atoms with van der Waals surface area (Å²) in [5, 5.41) is 3.55. The van der Waals surface area contributed by atoms with Crippen molar-refractivity contribution < 1.29 is 0 Å². The van der Waals surface area contributed by atoms with Gasteiger partial charge in [0.25, 0.3) is 0 Å². The summed E-state index contributed by atoms with van der Waals surface area (Å²) in [6.07, 6.45) is 2.51. The zero-order chi connectivity index (χ0) is 10.3. The third kappa shape index (κ3) is 1.25. The van der Waals surface area contributed by atoms with Gasteiger partial charge >= 0.3 is 0 Å². The molecule has 1 aromatic rings. The van der Waals surface area contributed by atoms with Crippen LogP contribution in [0.15, 0.2) is 24.3 Å². The Morgan fingerprint density at radius 1 is 1.33 bits per heavy atom. The maximum Gasteiger partial charge on any atom is 0.0589 e. The van der Waals surface area contributed by atoms with E-state index < -0.39 is 0 Å². The number of rotatable bonds is 0. The number of hydrogen-bond donors (Lipinski definition) is 1. The molecule has 2 aliphatic rings. The quantitative estimate of drug-likeness (QED) is 0.683. The summed E-state index contributed by atoms with van der Waals surface area (Å²) in [6.45, 7) is 3.40. The Bertz CT molecular complexity index is 371. The van der Waals surface area contributed by atoms with E-state index in [-0.39, 0.29) is 5.54 Å². The molecular formula is C13H18N2. The number of hydrogen-bond acceptors (Lipinski definition) is 2. The van der Waals surface area contributed by atoms with Crippen molar-refractivity contribution in [2.24, 2.45) is 0 Å². The van der Waals surface area contributed by atoms with Crippen LogP contribution in [0.4, 0.5) is 0 Å². The molecule has 2 nitrogen and oxygen atoms in total. The lowest BCUT2D eigenvalue weighted by Crippen LogP contribution is -2.56. The molecule has 1 aliphatic heterocycles. The molecule has 3 rings (SSSR count). The minimum absolute atomic E-state index is 0.287. The second-order valence-electron chi connectivity index (χ2n) is 4.79. The van der Waals surface area contributed by atoms with Crippen molar-refractivity contribution in [2.75, 3.05) is 26.7 Å². The molecule has 1 spiro atoms. The summed E-state index contributed by atoms with van der Waals surface area (Å²) in [5.74, 6) is 0. The van der Waals surface area contributed by atoms with Crippen molar-refractivity contribution in [3.05, 3.63) is 35.4 Å². The Balaban J connectivity index is 2.07. The normalized spacial score (nSPS) is 30.7. The first kappa shape index (κ1) is 9.37. The Morgan fingerprint density at radius 2 is 2.20 bits per heavy atom. The largest absolute Gasteiger partial charge is 0.313 e. The van der Waals surface area contributed by atoms with E-state index in [0.29, 0.717) is 0 Å². The van der Waals surface area contributed by atoms with E-state index in [0.717, 1.165) is 19.6 Å². The summed E-state index contributed by atoms with van der Waals surface area (Å²) < 4.78 is 0. The number of nitrogens with one attached hydrogen (secondary N) is 1. The molecule has 1 aliphatic carbocycles. The standard InChI is InChI=1S/C13H18N2/c1-15-9-8-14-10-13(15)7-6-11-4-2-3-5-12(11)13/h2-5,14H,6-10H2,1H3. The van der Waals surface area contributed by atoms with Crippen LogP contribution in [0.2, 0.25) is 0 Å². The van der Waals surface area contributed by atoms with Crippen molar-refractivity contribution in [1.29, 1.82) is 0 Å². The number of nitrogens with zero attached hydrogens (tertiary/aromatic N) is 1. The van der Waals surface area contributed by atoms with Gasteiger partial charge in [0.15, 0.2) is 0 Å². The summed E-state index contributed by atoms with van der Waals surface area (Å²) in [5.41, 5.74) is 3.39. The van der Waals surface area contributed by atoms with Crippen LogP contribution in [0.1, 0.15) is 17.5 Å². The van der Waals surface area contributed by atoms with Gasteiger partial charge in [0.2, 0.25) is 0 Å². The second-order valence-corrected chi connectivity index (χ2v) is 4.79. The molecular weight excluding hydrogens is 184 g/mol. The first-order valence-corrected chi connectivity index (χ1v) is 5.83. The van der Waals surface area contributed by atoms with Crippen molar-refractivity contribution in [3.8, 4) is 0 Å². The SMILES string of the molecule is CN1CCNCC12CCc1ccccc12. The number of benzene rings is 1. The molecule has 1 fully saturated rings. The minimum atomic E-state index is 0.287. The van der Waals surface area contributed by atoms with Gasteiger partial charge < -0.3 is 5.32 Å². The van der Waals surface area contributed by atoms with E-state index in [1.807, 2.05) is 0 Å². The predicted molar refractivity (Wildman–Crippen MR) is 61.9 cm³/mol. The fraction of sp³-hybridized carbons (Fsp3) is 0.538. The Hall–Kier alpha value is -0.860. The van der Waals surface area contributed by atoms with E-state index in [9.17, 15) is 0 Å². The Kier molecular flexibility index (Phi) is 2.08. The molecule has 2 heteroatoms. The highest BCUT2D eigenvalue weighted by Gasteiger charge is 2.42. The van der Waals surface area contributed by atoms with Gasteiger partial charge in [0, 0.05) is 19.6 Å². The molecule has 0 radical (unpaired) electrons. The van der Waals surface area contributed by atoms with Gasteiger partial charge in [0.05, 0.1) is 5.54 Å². The minimum Gasteiger partial charge on any atom is -0.313 e. The van der Waals surface area contributed by atoms with Crippen LogP contribution >= 0.6 is 0 Å². The molecule has 1 aromatic carbocycles. The third-order valence-electron chi connectivity index (χ3n) is 4.10. The molecule has 0 saturated carbocycles. The van der Waals surface area contributed by atoms with E-state index in [1.54, 1.807) is 11.1 Å². The molecule has 1 atom stereocenters. The van der Waals surface area contributed by atoms with Crippen LogP contribution in [0.3, 0.4) is 0 Å². The van der Waals surface area contributed by atoms with E-state index >= 15 is 0 Å². The van der Waals surface area contributed by atoms with Gasteiger partial charge in [-0.05, 0) is 31.0 Å². The zero-order valence-corrected chi connectivity index (χ0v) is 9.29. The third-order valence-corrected chi connectivity index (χ3v) is 4.10. The smallest absolute Gasteiger partial charge is 0.0589 e. The van der Waals surface area contributed by atoms with Gasteiger partial charge in [-0.2, -0.15) is 0 Å². The zero-order valence-electron chi connectivity index (χ0n) is 9.29. The number of aryl methyl sites for hydroxylation is 1. The first-order chi connectivity index (χ1) is 7.33. The first-order valence-electron chi connectivity index (χ1n) is 5.83. The molecule has 80 valence electrons. The lowest BCUT2D eigenvalue weighted by atomic mass is 9.88. The average Bonchev–Trinajstić information content (AvgIpc) is 2.64. The van der Waals surface area contributed by atoms with Crippen LogP contribution < -0.4 is 5.32 Å². The summed E-state index contributed by atoms with van der Waals surface area (Å²) in [7, 11) is 2.27. The molecule has 0 bridgehead atoms. The Morgan fingerprint density at radius 3 is 3.07 bits per heavy atom. The van der Waals surface area contributed by atoms with Crippen LogP contribution in [0, 0.1) is 0 Å². The van der Waals surface area contributed by atoms with Gasteiger partial charge in [-0.25, -0.2) is 0 Å². The highest BCUT2D eigenvalue weighted by Crippen LogP contribution is 2.41. The van der Waals surface area contributed by atoms with Crippen LogP contribution in [0.25, 0.3) is 0 Å². The predicted octanol–water partition coefficient (Wildman–Crippen LogP) is 1.36. The highest BCUT2D eigenvalue weighted by molar-refractivity contribution is 5.39. The maximum absolute atomic E-state index is 3.55. The summed E-state index contributed by atoms with van der Waals surface area (Å²) >= 11 is 0. The average molecular weight is 202 g/mol. The molecule has 0 amide bonds. The van der Waals surface area contributed by atoms with E-state index in [2.05, 4.69) is 41.5 Å². The van der Waals surface area contributed by atoms with Gasteiger partial charge in [-0.1, -0.05) is 24.3 Å². The molecule has 1 N–H and O–H groups in total. The molecule has 1 heterocycles. The second kappa shape index (κ2) is 3.32. The topological polar surface area (TPSA) is 15.3 Å². The van der Waals surface area contributed by atoms with E-state index in [4.69, 9.17) is 0 Å². The van der Waals surface area contributed by atoms with Crippen LogP contribution in [-0.4, -0.2) is 31.6 Å². The monoisotopic (exact) mass is 202 g/mol. The van der Waals surface area contributed by atoms with E-state index in [1.165, 1.54) is 12.8 Å². The fourth-order valence-corrected chi connectivity index (χ4v) is 3.14. The summed E-state index contributed by atoms with van der Waals surface area (Å²) in [6, 6.07) is 8.93. The van der Waals surface area contributed by atoms with Crippen molar-refractivity contribution in [1.82, 2.24) is 10.2 Å². The fourth-order valence-electron chi connectivity index (χ4n) is 3.14. The molecule has 0 aromatic heterocycles. The lowest BCUT2D eigenvalue weighted by Gasteiger charge is -2.44. The Labute approximate surface area is 91.3 Å². The van der Waals surface area contributed by atoms with Crippen LogP contribution in [0.5, 0.6) is 0 Å². The highest BCUT2D eigenvalue weighted by atomic mass is 15.2. The maximum atomic E-state index is 3.55. The van der Waals surface area contributed by atoms with Gasteiger partial charge in [0.1, 0.15) is 0 Å². The van der Waals surface area contributed by atoms with Crippen molar-refractivity contribution in [2.45, 2.75) is 18.4 Å². The van der Waals surface area contributed by atoms with Crippen molar-refractivity contribution in [3.63, 3.8) is 0 Å². The van der Waals surface area contributed by atoms with Gasteiger partial charge in [-0.3, -0.25) is 4.90 Å². The lowest BCUT2D eigenvalue weighted by molar-refractivity contribution is 0.0870. The van der Waals surface area contributed by atoms with Gasteiger partial charge in [-0.15, -0.1) is 0 Å². The molecule has 1 saturated heterocycles. The number of piperazine rings is 1. The number of fused-ring (bicyclic) bond motifs is 2. The summed E-state index contributed by atoms with van der Waals surface area (Å²) in [4.78, 5) is 2.54.